The number of hydrogen-bond acceptors (Lipinski definition) is 4. The summed E-state index contributed by atoms with van der Waals surface area (Å²) in [6.45, 7) is 0. The molecular formula is C12H8N2O3S. The summed E-state index contributed by atoms with van der Waals surface area (Å²) in [6, 6.07) is 10.7. The van der Waals surface area contributed by atoms with E-state index >= 15 is 0 Å². The third-order valence-electron chi connectivity index (χ3n) is 2.36. The van der Waals surface area contributed by atoms with E-state index in [4.69, 9.17) is 9.52 Å². The highest BCUT2D eigenvalue weighted by molar-refractivity contribution is 7.99. The van der Waals surface area contributed by atoms with Crippen LogP contribution in [0, 0.1) is 0 Å². The molecule has 0 radical (unpaired) electrons. The normalized spacial score (nSPS) is 10.9. The fourth-order valence-corrected chi connectivity index (χ4v) is 2.33. The second-order valence-corrected chi connectivity index (χ2v) is 4.58. The average molecular weight is 260 g/mol. The number of fused-ring (bicyclic) bond motifs is 1. The van der Waals surface area contributed by atoms with Crippen LogP contribution in [0.5, 0.6) is 0 Å². The topological polar surface area (TPSA) is 79.1 Å². The second-order valence-electron chi connectivity index (χ2n) is 3.59. The van der Waals surface area contributed by atoms with E-state index in [2.05, 4.69) is 9.97 Å². The summed E-state index contributed by atoms with van der Waals surface area (Å²) in [4.78, 5) is 18.2. The van der Waals surface area contributed by atoms with Crippen LogP contribution in [-0.2, 0) is 0 Å². The smallest absolute Gasteiger partial charge is 0.371 e. The molecular weight excluding hydrogens is 252 g/mol. The van der Waals surface area contributed by atoms with Crippen LogP contribution in [0.3, 0.4) is 0 Å². The first-order valence-corrected chi connectivity index (χ1v) is 6.00. The summed E-state index contributed by atoms with van der Waals surface area (Å²) in [6.07, 6.45) is 0. The van der Waals surface area contributed by atoms with Gasteiger partial charge in [0.1, 0.15) is 0 Å². The largest absolute Gasteiger partial charge is 0.475 e. The Morgan fingerprint density at radius 1 is 1.28 bits per heavy atom. The number of furan rings is 1. The van der Waals surface area contributed by atoms with E-state index in [-0.39, 0.29) is 5.76 Å². The highest BCUT2D eigenvalue weighted by atomic mass is 32.2. The van der Waals surface area contributed by atoms with Crippen LogP contribution >= 0.6 is 11.8 Å². The highest BCUT2D eigenvalue weighted by Crippen LogP contribution is 2.28. The number of nitrogens with zero attached hydrogens (tertiary/aromatic N) is 1. The summed E-state index contributed by atoms with van der Waals surface area (Å²) in [5, 5.41) is 9.91. The van der Waals surface area contributed by atoms with Crippen molar-refractivity contribution in [3.8, 4) is 0 Å². The van der Waals surface area contributed by atoms with Crippen LogP contribution in [0.15, 0.2) is 51.1 Å². The number of hydrogen-bond donors (Lipinski definition) is 2. The molecule has 0 aliphatic heterocycles. The van der Waals surface area contributed by atoms with Gasteiger partial charge in [-0.3, -0.25) is 0 Å². The predicted molar refractivity (Wildman–Crippen MR) is 65.9 cm³/mol. The number of para-hydroxylation sites is 2. The highest BCUT2D eigenvalue weighted by Gasteiger charge is 2.11. The average Bonchev–Trinajstić information content (AvgIpc) is 2.94. The minimum atomic E-state index is -1.08. The molecule has 0 unspecified atom stereocenters. The second kappa shape index (κ2) is 4.23. The molecule has 2 N–H and O–H groups in total. The molecule has 0 spiro atoms. The molecule has 90 valence electrons. The fraction of sp³-hybridized carbons (Fsp3) is 0. The van der Waals surface area contributed by atoms with Gasteiger partial charge in [0, 0.05) is 0 Å². The molecule has 0 amide bonds. The van der Waals surface area contributed by atoms with Crippen LogP contribution in [0.4, 0.5) is 0 Å². The molecule has 0 saturated carbocycles. The molecule has 0 aliphatic carbocycles. The monoisotopic (exact) mass is 260 g/mol. The molecule has 3 aromatic rings. The van der Waals surface area contributed by atoms with Gasteiger partial charge in [0.25, 0.3) is 0 Å². The van der Waals surface area contributed by atoms with Gasteiger partial charge >= 0.3 is 5.97 Å². The molecule has 0 atom stereocenters. The number of H-pyrrole nitrogens is 1. The minimum Gasteiger partial charge on any atom is -0.475 e. The SMILES string of the molecule is O=C(O)c1ccc(Sc2nc3ccccc3[nH]2)o1. The van der Waals surface area contributed by atoms with E-state index < -0.39 is 5.97 Å². The zero-order chi connectivity index (χ0) is 12.5. The standard InChI is InChI=1S/C12H8N2O3S/c15-11(16)9-5-6-10(17-9)18-12-13-7-3-1-2-4-8(7)14-12/h1-6H,(H,13,14)(H,15,16). The molecule has 0 saturated heterocycles. The molecule has 2 heterocycles. The lowest BCUT2D eigenvalue weighted by Crippen LogP contribution is -1.91. The lowest BCUT2D eigenvalue weighted by molar-refractivity contribution is 0.0656. The van der Waals surface area contributed by atoms with Crippen molar-refractivity contribution >= 4 is 28.8 Å². The Bertz CT molecular complexity index is 684. The zero-order valence-corrected chi connectivity index (χ0v) is 9.90. The van der Waals surface area contributed by atoms with Crippen molar-refractivity contribution < 1.29 is 14.3 Å². The maximum atomic E-state index is 10.7. The van der Waals surface area contributed by atoms with E-state index in [9.17, 15) is 4.79 Å². The Morgan fingerprint density at radius 3 is 2.83 bits per heavy atom. The Labute approximate surface area is 106 Å². The van der Waals surface area contributed by atoms with Gasteiger partial charge < -0.3 is 14.5 Å². The van der Waals surface area contributed by atoms with Gasteiger partial charge in [-0.2, -0.15) is 0 Å². The van der Waals surface area contributed by atoms with Crippen molar-refractivity contribution in [2.45, 2.75) is 10.2 Å². The number of aromatic amines is 1. The molecule has 0 aliphatic rings. The van der Waals surface area contributed by atoms with Gasteiger partial charge in [-0.15, -0.1) is 0 Å². The van der Waals surface area contributed by atoms with Gasteiger partial charge in [0.05, 0.1) is 11.0 Å². The first kappa shape index (κ1) is 10.9. The third kappa shape index (κ3) is 1.98. The van der Waals surface area contributed by atoms with E-state index in [1.165, 1.54) is 17.8 Å². The molecule has 1 aromatic carbocycles. The Hall–Kier alpha value is -2.21. The van der Waals surface area contributed by atoms with Crippen LogP contribution < -0.4 is 0 Å². The van der Waals surface area contributed by atoms with E-state index in [0.29, 0.717) is 10.2 Å². The van der Waals surface area contributed by atoms with Gasteiger partial charge in [-0.25, -0.2) is 9.78 Å². The summed E-state index contributed by atoms with van der Waals surface area (Å²) < 4.78 is 5.15. The number of benzene rings is 1. The number of nitrogens with one attached hydrogen (secondary N) is 1. The number of rotatable bonds is 3. The predicted octanol–water partition coefficient (Wildman–Crippen LogP) is 3.01. The van der Waals surface area contributed by atoms with Crippen LogP contribution in [0.25, 0.3) is 11.0 Å². The lowest BCUT2D eigenvalue weighted by atomic mass is 10.3. The zero-order valence-electron chi connectivity index (χ0n) is 9.08. The first-order chi connectivity index (χ1) is 8.72. The van der Waals surface area contributed by atoms with Crippen LogP contribution in [0.1, 0.15) is 10.6 Å². The molecule has 18 heavy (non-hydrogen) atoms. The van der Waals surface area contributed by atoms with Gasteiger partial charge in [0.2, 0.25) is 5.76 Å². The van der Waals surface area contributed by atoms with Crippen molar-refractivity contribution in [3.05, 3.63) is 42.2 Å². The number of carboxylic acids is 1. The number of carboxylic acid groups (broad SMARTS) is 1. The first-order valence-electron chi connectivity index (χ1n) is 5.18. The summed E-state index contributed by atoms with van der Waals surface area (Å²) in [5.74, 6) is -1.15. The van der Waals surface area contributed by atoms with Crippen LogP contribution in [0.2, 0.25) is 0 Å². The molecule has 2 aromatic heterocycles. The fourth-order valence-electron chi connectivity index (χ4n) is 1.56. The van der Waals surface area contributed by atoms with E-state index in [0.717, 1.165) is 11.0 Å². The number of imidazole rings is 1. The summed E-state index contributed by atoms with van der Waals surface area (Å²) >= 11 is 1.25. The molecule has 5 nitrogen and oxygen atoms in total. The Morgan fingerprint density at radius 2 is 2.11 bits per heavy atom. The summed E-state index contributed by atoms with van der Waals surface area (Å²) in [7, 11) is 0. The number of aromatic nitrogens is 2. The van der Waals surface area contributed by atoms with Gasteiger partial charge in [-0.05, 0) is 36.0 Å². The summed E-state index contributed by atoms with van der Waals surface area (Å²) in [5.41, 5.74) is 1.80. The number of aromatic carboxylic acids is 1. The molecule has 0 fully saturated rings. The van der Waals surface area contributed by atoms with Crippen molar-refractivity contribution in [2.24, 2.45) is 0 Å². The van der Waals surface area contributed by atoms with Gasteiger partial charge in [-0.1, -0.05) is 12.1 Å². The van der Waals surface area contributed by atoms with Crippen LogP contribution in [-0.4, -0.2) is 21.0 Å². The Kier molecular flexibility index (Phi) is 2.56. The van der Waals surface area contributed by atoms with E-state index in [1.54, 1.807) is 6.07 Å². The van der Waals surface area contributed by atoms with Crippen molar-refractivity contribution in [1.82, 2.24) is 9.97 Å². The molecule has 6 heteroatoms. The van der Waals surface area contributed by atoms with Gasteiger partial charge in [0.15, 0.2) is 10.2 Å². The van der Waals surface area contributed by atoms with Crippen molar-refractivity contribution in [2.75, 3.05) is 0 Å². The lowest BCUT2D eigenvalue weighted by Gasteiger charge is -1.91. The van der Waals surface area contributed by atoms with E-state index in [1.807, 2.05) is 24.3 Å². The Balaban J connectivity index is 1.88. The quantitative estimate of drug-likeness (QED) is 0.756. The van der Waals surface area contributed by atoms with Crippen molar-refractivity contribution in [1.29, 1.82) is 0 Å². The maximum absolute atomic E-state index is 10.7. The number of carbonyl (C=O) groups is 1. The molecule has 0 bridgehead atoms. The minimum absolute atomic E-state index is 0.0754. The van der Waals surface area contributed by atoms with Crippen molar-refractivity contribution in [3.63, 3.8) is 0 Å². The third-order valence-corrected chi connectivity index (χ3v) is 3.16. The maximum Gasteiger partial charge on any atom is 0.371 e. The molecule has 3 rings (SSSR count).